The number of benzene rings is 1. The Hall–Kier alpha value is -1.85. The maximum atomic E-state index is 11.7. The van der Waals surface area contributed by atoms with Crippen molar-refractivity contribution >= 4 is 27.0 Å². The molecule has 0 spiro atoms. The van der Waals surface area contributed by atoms with Gasteiger partial charge in [0.05, 0.1) is 17.7 Å². The number of hydrogen-bond acceptors (Lipinski definition) is 4. The van der Waals surface area contributed by atoms with Gasteiger partial charge >= 0.3 is 0 Å². The van der Waals surface area contributed by atoms with E-state index in [-0.39, 0.29) is 0 Å². The summed E-state index contributed by atoms with van der Waals surface area (Å²) in [7, 11) is -1.68. The molecule has 0 aliphatic heterocycles. The molecule has 0 N–H and O–H groups in total. The number of aromatic nitrogens is 1. The van der Waals surface area contributed by atoms with Crippen molar-refractivity contribution in [3.63, 3.8) is 0 Å². The maximum absolute atomic E-state index is 11.7. The first kappa shape index (κ1) is 18.9. The van der Waals surface area contributed by atoms with Gasteiger partial charge in [0.1, 0.15) is 5.02 Å². The molecule has 26 heavy (non-hydrogen) atoms. The number of allylic oxidation sites excluding steroid dienone is 1. The molecule has 138 valence electrons. The summed E-state index contributed by atoms with van der Waals surface area (Å²) >= 11 is 6.11. The second-order valence-corrected chi connectivity index (χ2v) is 9.03. The number of halogens is 1. The predicted octanol–water partition coefficient (Wildman–Crippen LogP) is 4.77. The average molecular weight is 392 g/mol. The molecule has 1 aliphatic rings. The van der Waals surface area contributed by atoms with E-state index in [0.29, 0.717) is 21.7 Å². The summed E-state index contributed by atoms with van der Waals surface area (Å²) in [6, 6.07) is 10.6. The molecule has 1 saturated carbocycles. The van der Waals surface area contributed by atoms with Crippen LogP contribution in [0.4, 0.5) is 0 Å². The van der Waals surface area contributed by atoms with Crippen LogP contribution in [0.25, 0.3) is 5.57 Å². The minimum absolute atomic E-state index is 0.308. The minimum Gasteiger partial charge on any atom is -0.480 e. The molecule has 0 bridgehead atoms. The van der Waals surface area contributed by atoms with E-state index in [1.165, 1.54) is 19.1 Å². The van der Waals surface area contributed by atoms with Crippen LogP contribution in [-0.4, -0.2) is 26.8 Å². The Morgan fingerprint density at radius 2 is 1.81 bits per heavy atom. The van der Waals surface area contributed by atoms with E-state index in [9.17, 15) is 8.42 Å². The summed E-state index contributed by atoms with van der Waals surface area (Å²) < 4.78 is 28.7. The van der Waals surface area contributed by atoms with Crippen LogP contribution in [0.15, 0.2) is 47.4 Å². The van der Waals surface area contributed by atoms with Crippen molar-refractivity contribution in [3.8, 4) is 5.88 Å². The van der Waals surface area contributed by atoms with Crippen molar-refractivity contribution in [2.45, 2.75) is 30.6 Å². The molecule has 3 rings (SSSR count). The molecule has 0 saturated heterocycles. The van der Waals surface area contributed by atoms with Crippen molar-refractivity contribution < 1.29 is 13.2 Å². The quantitative estimate of drug-likeness (QED) is 0.736. The highest BCUT2D eigenvalue weighted by Crippen LogP contribution is 2.33. The molecule has 0 unspecified atom stereocenters. The van der Waals surface area contributed by atoms with Gasteiger partial charge in [0.2, 0.25) is 5.88 Å². The number of nitrogens with zero attached hydrogens (tertiary/aromatic N) is 1. The summed E-state index contributed by atoms with van der Waals surface area (Å²) in [5.74, 6) is 0.886. The fraction of sp³-hybridized carbons (Fsp3) is 0.350. The monoisotopic (exact) mass is 391 g/mol. The van der Waals surface area contributed by atoms with Gasteiger partial charge in [-0.25, -0.2) is 13.4 Å². The van der Waals surface area contributed by atoms with Gasteiger partial charge in [0.25, 0.3) is 0 Å². The lowest BCUT2D eigenvalue weighted by Gasteiger charge is -2.13. The summed E-state index contributed by atoms with van der Waals surface area (Å²) in [6.07, 6.45) is 8.25. The predicted molar refractivity (Wildman–Crippen MR) is 104 cm³/mol. The van der Waals surface area contributed by atoms with Gasteiger partial charge in [-0.05, 0) is 48.6 Å². The van der Waals surface area contributed by atoms with Crippen LogP contribution >= 0.6 is 11.6 Å². The number of hydrogen-bond donors (Lipinski definition) is 0. The van der Waals surface area contributed by atoms with E-state index < -0.39 is 9.84 Å². The lowest BCUT2D eigenvalue weighted by molar-refractivity contribution is 0.398. The van der Waals surface area contributed by atoms with E-state index in [1.54, 1.807) is 25.3 Å². The van der Waals surface area contributed by atoms with Gasteiger partial charge < -0.3 is 4.74 Å². The maximum Gasteiger partial charge on any atom is 0.232 e. The Bertz CT molecular complexity index is 915. The van der Waals surface area contributed by atoms with E-state index in [4.69, 9.17) is 16.3 Å². The third kappa shape index (κ3) is 4.27. The highest BCUT2D eigenvalue weighted by molar-refractivity contribution is 7.90. The topological polar surface area (TPSA) is 56.3 Å². The number of pyridine rings is 1. The van der Waals surface area contributed by atoms with Crippen molar-refractivity contribution in [1.82, 2.24) is 4.98 Å². The SMILES string of the molecule is COc1nc(/C(=C/C2CCCC2)c2ccc(S(C)(=O)=O)cc2)ccc1Cl. The van der Waals surface area contributed by atoms with Gasteiger partial charge in [-0.2, -0.15) is 0 Å². The molecular formula is C20H22ClNO3S. The Morgan fingerprint density at radius 3 is 2.38 bits per heavy atom. The van der Waals surface area contributed by atoms with Gasteiger partial charge in [-0.3, -0.25) is 0 Å². The summed E-state index contributed by atoms with van der Waals surface area (Å²) in [6.45, 7) is 0. The summed E-state index contributed by atoms with van der Waals surface area (Å²) in [5.41, 5.74) is 2.68. The molecule has 2 aromatic rings. The molecule has 1 aromatic heterocycles. The van der Waals surface area contributed by atoms with Crippen LogP contribution in [0.3, 0.4) is 0 Å². The Balaban J connectivity index is 2.06. The van der Waals surface area contributed by atoms with E-state index in [0.717, 1.165) is 29.7 Å². The van der Waals surface area contributed by atoms with Crippen molar-refractivity contribution in [3.05, 3.63) is 58.8 Å². The number of rotatable bonds is 5. The third-order valence-corrected chi connectivity index (χ3v) is 6.09. The second-order valence-electron chi connectivity index (χ2n) is 6.61. The van der Waals surface area contributed by atoms with Crippen molar-refractivity contribution in [2.75, 3.05) is 13.4 Å². The van der Waals surface area contributed by atoms with Crippen LogP contribution in [0.5, 0.6) is 5.88 Å². The van der Waals surface area contributed by atoms with Gasteiger partial charge in [0, 0.05) is 11.8 Å². The molecule has 1 aromatic carbocycles. The largest absolute Gasteiger partial charge is 0.480 e. The van der Waals surface area contributed by atoms with E-state index >= 15 is 0 Å². The van der Waals surface area contributed by atoms with Crippen LogP contribution in [-0.2, 0) is 9.84 Å². The van der Waals surface area contributed by atoms with Crippen molar-refractivity contribution in [1.29, 1.82) is 0 Å². The Morgan fingerprint density at radius 1 is 1.15 bits per heavy atom. The normalized spacial score (nSPS) is 16.0. The Kier molecular flexibility index (Phi) is 5.68. The first-order valence-corrected chi connectivity index (χ1v) is 10.9. The van der Waals surface area contributed by atoms with E-state index in [1.807, 2.05) is 18.2 Å². The first-order chi connectivity index (χ1) is 12.4. The molecule has 1 heterocycles. The molecule has 1 aliphatic carbocycles. The lowest BCUT2D eigenvalue weighted by Crippen LogP contribution is -2.00. The molecule has 0 atom stereocenters. The summed E-state index contributed by atoms with van der Waals surface area (Å²) in [5, 5.41) is 0.462. The molecule has 1 fully saturated rings. The van der Waals surface area contributed by atoms with Gasteiger partial charge in [0.15, 0.2) is 9.84 Å². The Labute approximate surface area is 159 Å². The summed E-state index contributed by atoms with van der Waals surface area (Å²) in [4.78, 5) is 4.85. The van der Waals surface area contributed by atoms with Crippen LogP contribution in [0.1, 0.15) is 36.9 Å². The molecule has 6 heteroatoms. The fourth-order valence-corrected chi connectivity index (χ4v) is 4.10. The van der Waals surface area contributed by atoms with Crippen LogP contribution in [0, 0.1) is 5.92 Å². The smallest absolute Gasteiger partial charge is 0.232 e. The molecular weight excluding hydrogens is 370 g/mol. The average Bonchev–Trinajstić information content (AvgIpc) is 3.13. The first-order valence-electron chi connectivity index (χ1n) is 8.61. The van der Waals surface area contributed by atoms with Gasteiger partial charge in [-0.15, -0.1) is 0 Å². The lowest BCUT2D eigenvalue weighted by atomic mass is 9.96. The van der Waals surface area contributed by atoms with Crippen LogP contribution < -0.4 is 4.74 Å². The highest BCUT2D eigenvalue weighted by Gasteiger charge is 2.17. The number of ether oxygens (including phenoxy) is 1. The van der Waals surface area contributed by atoms with E-state index in [2.05, 4.69) is 11.1 Å². The highest BCUT2D eigenvalue weighted by atomic mass is 35.5. The zero-order valence-electron chi connectivity index (χ0n) is 14.9. The fourth-order valence-electron chi connectivity index (χ4n) is 3.29. The van der Waals surface area contributed by atoms with Crippen molar-refractivity contribution in [2.24, 2.45) is 5.92 Å². The minimum atomic E-state index is -3.22. The number of methoxy groups -OCH3 is 1. The molecule has 4 nitrogen and oxygen atoms in total. The third-order valence-electron chi connectivity index (χ3n) is 4.68. The molecule has 0 radical (unpaired) electrons. The zero-order valence-corrected chi connectivity index (χ0v) is 16.5. The van der Waals surface area contributed by atoms with Gasteiger partial charge in [-0.1, -0.05) is 42.7 Å². The standard InChI is InChI=1S/C20H22ClNO3S/c1-25-20-18(21)11-12-19(22-20)17(13-14-5-3-4-6-14)15-7-9-16(10-8-15)26(2,23)24/h7-14H,3-6H2,1-2H3/b17-13+. The van der Waals surface area contributed by atoms with Crippen LogP contribution in [0.2, 0.25) is 5.02 Å². The molecule has 0 amide bonds. The number of sulfone groups is 1. The zero-order chi connectivity index (χ0) is 18.7. The second kappa shape index (κ2) is 7.80.